The molecule has 0 heterocycles. The molecule has 2 nitrogen and oxygen atoms in total. The van der Waals surface area contributed by atoms with Crippen molar-refractivity contribution in [1.82, 2.24) is 0 Å². The summed E-state index contributed by atoms with van der Waals surface area (Å²) < 4.78 is 1.14. The van der Waals surface area contributed by atoms with Crippen molar-refractivity contribution in [2.24, 2.45) is 0 Å². The first-order chi connectivity index (χ1) is 4.68. The average Bonchev–Trinajstić information content (AvgIpc) is 1.88. The van der Waals surface area contributed by atoms with Gasteiger partial charge >= 0.3 is 71.9 Å². The zero-order valence-electron chi connectivity index (χ0n) is 6.46. The van der Waals surface area contributed by atoms with Gasteiger partial charge in [0.15, 0.2) is 0 Å². The van der Waals surface area contributed by atoms with Crippen molar-refractivity contribution in [3.63, 3.8) is 0 Å². The Labute approximate surface area is 72.1 Å². The summed E-state index contributed by atoms with van der Waals surface area (Å²) in [5.41, 5.74) is 0. The number of carboxylic acids is 1. The van der Waals surface area contributed by atoms with Gasteiger partial charge in [0.25, 0.3) is 0 Å². The third-order valence-corrected chi connectivity index (χ3v) is 4.71. The summed E-state index contributed by atoms with van der Waals surface area (Å²) in [6.45, 7) is 3.96. The topological polar surface area (TPSA) is 37.3 Å². The summed E-state index contributed by atoms with van der Waals surface area (Å²) >= 11 is -0.249. The van der Waals surface area contributed by atoms with Gasteiger partial charge in [-0.25, -0.2) is 0 Å². The van der Waals surface area contributed by atoms with Gasteiger partial charge in [0, 0.05) is 0 Å². The van der Waals surface area contributed by atoms with Crippen LogP contribution in [0.2, 0.25) is 8.43 Å². The second kappa shape index (κ2) is 6.00. The molecule has 0 aliphatic carbocycles. The summed E-state index contributed by atoms with van der Waals surface area (Å²) in [7, 11) is 0. The zero-order valence-corrected chi connectivity index (χ0v) is 8.79. The molecule has 0 fully saturated rings. The van der Waals surface area contributed by atoms with Crippen LogP contribution < -0.4 is 0 Å². The van der Waals surface area contributed by atoms with E-state index in [2.05, 4.69) is 6.92 Å². The van der Waals surface area contributed by atoms with E-state index in [1.165, 1.54) is 17.3 Å². The van der Waals surface area contributed by atoms with E-state index in [1.54, 1.807) is 0 Å². The second-order valence-electron chi connectivity index (χ2n) is 2.20. The SMILES string of the molecule is CCCC[Te]C(C)C(=O)O. The Hall–Kier alpha value is 0.260. The number of carboxylic acid groups (broad SMARTS) is 1. The third-order valence-electron chi connectivity index (χ3n) is 1.21. The predicted octanol–water partition coefficient (Wildman–Crippen LogP) is 1.80. The van der Waals surface area contributed by atoms with E-state index in [0.717, 1.165) is 0 Å². The molecule has 1 N–H and O–H groups in total. The first kappa shape index (κ1) is 10.3. The minimum absolute atomic E-state index is 0.0306. The summed E-state index contributed by atoms with van der Waals surface area (Å²) in [6, 6.07) is 0. The van der Waals surface area contributed by atoms with Gasteiger partial charge in [0.1, 0.15) is 0 Å². The van der Waals surface area contributed by atoms with Gasteiger partial charge in [-0.15, -0.1) is 0 Å². The van der Waals surface area contributed by atoms with Crippen molar-refractivity contribution in [3.8, 4) is 0 Å². The van der Waals surface area contributed by atoms with Crippen molar-refractivity contribution >= 4 is 26.9 Å². The molecule has 10 heavy (non-hydrogen) atoms. The number of unbranched alkanes of at least 4 members (excludes halogenated alkanes) is 1. The van der Waals surface area contributed by atoms with Crippen molar-refractivity contribution in [2.75, 3.05) is 0 Å². The molecule has 1 unspecified atom stereocenters. The fourth-order valence-corrected chi connectivity index (χ4v) is 3.19. The minimum atomic E-state index is -0.612. The standard InChI is InChI=1S/C7H14O2Te/c1-3-4-5-10-6(2)7(8)9/h6H,3-5H2,1-2H3,(H,8,9). The van der Waals surface area contributed by atoms with Crippen LogP contribution in [0.3, 0.4) is 0 Å². The monoisotopic (exact) mass is 260 g/mol. The molecular formula is C7H14O2Te. The maximum atomic E-state index is 10.3. The van der Waals surface area contributed by atoms with Gasteiger partial charge in [-0.3, -0.25) is 0 Å². The Bertz CT molecular complexity index is 104. The number of rotatable bonds is 5. The van der Waals surface area contributed by atoms with E-state index in [4.69, 9.17) is 5.11 Å². The first-order valence-electron chi connectivity index (χ1n) is 3.53. The summed E-state index contributed by atoms with van der Waals surface area (Å²) in [5.74, 6) is -0.612. The molecular weight excluding hydrogens is 244 g/mol. The van der Waals surface area contributed by atoms with Gasteiger partial charge < -0.3 is 0 Å². The quantitative estimate of drug-likeness (QED) is 0.603. The zero-order chi connectivity index (χ0) is 7.98. The Balaban J connectivity index is 3.21. The van der Waals surface area contributed by atoms with E-state index in [1.807, 2.05) is 6.92 Å². The molecule has 0 amide bonds. The van der Waals surface area contributed by atoms with Crippen LogP contribution in [0, 0.1) is 0 Å². The Morgan fingerprint density at radius 1 is 1.70 bits per heavy atom. The molecule has 0 aliphatic heterocycles. The van der Waals surface area contributed by atoms with Crippen LogP contribution in [0.1, 0.15) is 26.7 Å². The van der Waals surface area contributed by atoms with Crippen LogP contribution in [0.4, 0.5) is 0 Å². The van der Waals surface area contributed by atoms with E-state index >= 15 is 0 Å². The third kappa shape index (κ3) is 5.08. The maximum absolute atomic E-state index is 10.3. The Morgan fingerprint density at radius 2 is 2.30 bits per heavy atom. The number of aliphatic carboxylic acids is 1. The molecule has 0 saturated carbocycles. The van der Waals surface area contributed by atoms with Crippen LogP contribution in [0.15, 0.2) is 0 Å². The average molecular weight is 258 g/mol. The second-order valence-corrected chi connectivity index (χ2v) is 6.34. The molecule has 60 valence electrons. The van der Waals surface area contributed by atoms with E-state index < -0.39 is 5.97 Å². The van der Waals surface area contributed by atoms with Crippen molar-refractivity contribution in [1.29, 1.82) is 0 Å². The van der Waals surface area contributed by atoms with Crippen LogP contribution in [-0.4, -0.2) is 32.0 Å². The van der Waals surface area contributed by atoms with Crippen LogP contribution in [-0.2, 0) is 4.79 Å². The normalized spacial score (nSPS) is 13.0. The van der Waals surface area contributed by atoms with Gasteiger partial charge in [-0.1, -0.05) is 0 Å². The van der Waals surface area contributed by atoms with Gasteiger partial charge in [0.05, 0.1) is 0 Å². The van der Waals surface area contributed by atoms with E-state index in [-0.39, 0.29) is 24.9 Å². The molecule has 0 spiro atoms. The fourth-order valence-electron chi connectivity index (χ4n) is 0.476. The van der Waals surface area contributed by atoms with E-state index in [0.29, 0.717) is 0 Å². The Kier molecular flexibility index (Phi) is 6.16. The van der Waals surface area contributed by atoms with Crippen LogP contribution in [0.25, 0.3) is 0 Å². The molecule has 0 radical (unpaired) electrons. The summed E-state index contributed by atoms with van der Waals surface area (Å²) in [6.07, 6.45) is 2.40. The van der Waals surface area contributed by atoms with Gasteiger partial charge in [-0.2, -0.15) is 0 Å². The summed E-state index contributed by atoms with van der Waals surface area (Å²) in [5, 5.41) is 8.51. The van der Waals surface area contributed by atoms with Crippen LogP contribution >= 0.6 is 0 Å². The summed E-state index contributed by atoms with van der Waals surface area (Å²) in [4.78, 5) is 10.3. The molecule has 0 saturated heterocycles. The molecule has 0 aromatic rings. The number of hydrogen-bond acceptors (Lipinski definition) is 1. The van der Waals surface area contributed by atoms with Crippen LogP contribution in [0.5, 0.6) is 0 Å². The van der Waals surface area contributed by atoms with Gasteiger partial charge in [-0.05, 0) is 0 Å². The number of hydrogen-bond donors (Lipinski definition) is 1. The fraction of sp³-hybridized carbons (Fsp3) is 0.857. The molecule has 0 aromatic heterocycles. The van der Waals surface area contributed by atoms with Gasteiger partial charge in [0.2, 0.25) is 0 Å². The van der Waals surface area contributed by atoms with Crippen molar-refractivity contribution in [2.45, 2.75) is 35.1 Å². The number of carbonyl (C=O) groups is 1. The van der Waals surface area contributed by atoms with E-state index in [9.17, 15) is 4.79 Å². The molecule has 3 heteroatoms. The Morgan fingerprint density at radius 3 is 2.70 bits per heavy atom. The molecule has 1 atom stereocenters. The molecule has 0 aliphatic rings. The molecule has 0 aromatic carbocycles. The molecule has 0 bridgehead atoms. The van der Waals surface area contributed by atoms with Crippen molar-refractivity contribution in [3.05, 3.63) is 0 Å². The van der Waals surface area contributed by atoms with Crippen molar-refractivity contribution < 1.29 is 9.90 Å². The molecule has 0 rings (SSSR count). The predicted molar refractivity (Wildman–Crippen MR) is 42.5 cm³/mol. The first-order valence-corrected chi connectivity index (χ1v) is 6.52.